The normalized spacial score (nSPS) is 22.1. The molecule has 0 aromatic heterocycles. The molecule has 0 spiro atoms. The summed E-state index contributed by atoms with van der Waals surface area (Å²) < 4.78 is 0. The van der Waals surface area contributed by atoms with Crippen LogP contribution in [0.15, 0.2) is 0 Å². The van der Waals surface area contributed by atoms with E-state index in [0.717, 1.165) is 21.6 Å². The first-order chi connectivity index (χ1) is 28.1. The maximum Gasteiger partial charge on any atom is 0.303 e. The van der Waals surface area contributed by atoms with Crippen molar-refractivity contribution in [3.63, 3.8) is 0 Å². The Labute approximate surface area is 356 Å². The third-order valence-electron chi connectivity index (χ3n) is 9.31. The topological polar surface area (TPSA) is 359 Å². The summed E-state index contributed by atoms with van der Waals surface area (Å²) in [5.41, 5.74) is 11.1. The third kappa shape index (κ3) is 19.1. The summed E-state index contributed by atoms with van der Waals surface area (Å²) >= 11 is 0. The Hall–Kier alpha value is -4.68. The van der Waals surface area contributed by atoms with E-state index in [1.54, 1.807) is 27.7 Å². The molecule has 0 saturated carbocycles. The summed E-state index contributed by atoms with van der Waals surface area (Å²) in [5.74, 6) is -10.0. The number of nitrogens with two attached hydrogens (primary N) is 2. The van der Waals surface area contributed by atoms with Crippen molar-refractivity contribution in [3.05, 3.63) is 0 Å². The summed E-state index contributed by atoms with van der Waals surface area (Å²) in [4.78, 5) is 130. The molecule has 340 valence electrons. The molecule has 22 nitrogen and oxygen atoms in total. The van der Waals surface area contributed by atoms with Crippen LogP contribution in [0.2, 0.25) is 0 Å². The molecular weight excluding hydrogens is 829 g/mol. The van der Waals surface area contributed by atoms with Crippen LogP contribution in [0.4, 0.5) is 0 Å². The Morgan fingerprint density at radius 1 is 0.817 bits per heavy atom. The second kappa shape index (κ2) is 27.2. The fourth-order valence-corrected chi connectivity index (χ4v) is 7.93. The summed E-state index contributed by atoms with van der Waals surface area (Å²) in [7, 11) is 1.90. The zero-order valence-electron chi connectivity index (χ0n) is 34.8. The molecule has 9 amide bonds. The first-order valence-electron chi connectivity index (χ1n) is 19.6. The van der Waals surface area contributed by atoms with E-state index in [4.69, 9.17) is 16.6 Å². The van der Waals surface area contributed by atoms with Gasteiger partial charge in [-0.05, 0) is 51.0 Å². The highest BCUT2D eigenvalue weighted by Crippen LogP contribution is 2.24. The van der Waals surface area contributed by atoms with Crippen molar-refractivity contribution in [1.29, 1.82) is 0 Å². The lowest BCUT2D eigenvalue weighted by Crippen LogP contribution is -2.61. The highest BCUT2D eigenvalue weighted by atomic mass is 33.1. The average Bonchev–Trinajstić information content (AvgIpc) is 3.17. The zero-order valence-corrected chi connectivity index (χ0v) is 36.4. The molecule has 1 saturated heterocycles. The van der Waals surface area contributed by atoms with Gasteiger partial charge in [0.2, 0.25) is 53.2 Å². The second-order valence-corrected chi connectivity index (χ2v) is 17.3. The number of carbonyl (C=O) groups excluding carboxylic acids is 9. The number of rotatable bonds is 19. The summed E-state index contributed by atoms with van der Waals surface area (Å²) in [5, 5.41) is 39.6. The minimum atomic E-state index is -1.62. The quantitative estimate of drug-likeness (QED) is 0.0442. The molecule has 0 bridgehead atoms. The second-order valence-electron chi connectivity index (χ2n) is 14.7. The Balaban J connectivity index is 3.62. The highest BCUT2D eigenvalue weighted by Gasteiger charge is 2.35. The van der Waals surface area contributed by atoms with Crippen LogP contribution in [0.25, 0.3) is 0 Å². The van der Waals surface area contributed by atoms with E-state index in [2.05, 4.69) is 42.5 Å². The molecule has 24 heteroatoms. The molecule has 1 aliphatic rings. The number of aliphatic hydroxyl groups excluding tert-OH is 1. The molecule has 1 heterocycles. The predicted octanol–water partition coefficient (Wildman–Crippen LogP) is -3.53. The van der Waals surface area contributed by atoms with Crippen molar-refractivity contribution < 1.29 is 58.2 Å². The number of primary amides is 1. The van der Waals surface area contributed by atoms with Crippen molar-refractivity contribution in [1.82, 2.24) is 42.5 Å². The maximum absolute atomic E-state index is 13.9. The lowest BCUT2D eigenvalue weighted by molar-refractivity contribution is -0.138. The van der Waals surface area contributed by atoms with E-state index < -0.39 is 126 Å². The number of carbonyl (C=O) groups is 10. The van der Waals surface area contributed by atoms with Gasteiger partial charge in [-0.25, -0.2) is 0 Å². The predicted molar refractivity (Wildman–Crippen MR) is 222 cm³/mol. The van der Waals surface area contributed by atoms with Gasteiger partial charge in [0.05, 0.1) is 12.6 Å². The van der Waals surface area contributed by atoms with Crippen LogP contribution < -0.4 is 54.0 Å². The third-order valence-corrected chi connectivity index (χ3v) is 11.7. The van der Waals surface area contributed by atoms with Gasteiger partial charge in [-0.3, -0.25) is 47.9 Å². The number of hydrogen-bond acceptors (Lipinski definition) is 14. The van der Waals surface area contributed by atoms with E-state index in [-0.39, 0.29) is 36.8 Å². The number of aliphatic carboxylic acids is 1. The van der Waals surface area contributed by atoms with E-state index in [0.29, 0.717) is 19.3 Å². The average molecular weight is 891 g/mol. The van der Waals surface area contributed by atoms with E-state index in [1.807, 2.05) is 0 Å². The van der Waals surface area contributed by atoms with Crippen molar-refractivity contribution >= 4 is 80.7 Å². The number of aliphatic hydroxyl groups is 1. The Morgan fingerprint density at radius 2 is 1.47 bits per heavy atom. The van der Waals surface area contributed by atoms with Gasteiger partial charge in [-0.15, -0.1) is 0 Å². The summed E-state index contributed by atoms with van der Waals surface area (Å²) in [6.45, 7) is 8.85. The van der Waals surface area contributed by atoms with Gasteiger partial charge in [0.15, 0.2) is 0 Å². The Bertz CT molecular complexity index is 1540. The van der Waals surface area contributed by atoms with Gasteiger partial charge < -0.3 is 64.2 Å². The Kier molecular flexibility index (Phi) is 24.2. The lowest BCUT2D eigenvalue weighted by Gasteiger charge is -2.27. The van der Waals surface area contributed by atoms with Gasteiger partial charge >= 0.3 is 5.97 Å². The van der Waals surface area contributed by atoms with Crippen molar-refractivity contribution in [2.45, 2.75) is 128 Å². The molecule has 0 radical (unpaired) electrons. The molecule has 60 heavy (non-hydrogen) atoms. The van der Waals surface area contributed by atoms with Crippen LogP contribution in [0.1, 0.15) is 80.1 Å². The first-order valence-corrected chi connectivity index (χ1v) is 22.1. The molecule has 1 aliphatic heterocycles. The van der Waals surface area contributed by atoms with Gasteiger partial charge in [0, 0.05) is 24.9 Å². The zero-order chi connectivity index (χ0) is 45.7. The monoisotopic (exact) mass is 890 g/mol. The molecule has 9 atom stereocenters. The molecule has 0 unspecified atom stereocenters. The van der Waals surface area contributed by atoms with Crippen LogP contribution >= 0.6 is 21.6 Å². The molecule has 0 aromatic rings. The number of carboxylic acid groups (broad SMARTS) is 1. The van der Waals surface area contributed by atoms with Gasteiger partial charge in [-0.2, -0.15) is 0 Å². The van der Waals surface area contributed by atoms with Crippen molar-refractivity contribution in [2.75, 3.05) is 24.6 Å². The number of carboxylic acids is 1. The number of unbranched alkanes of at least 4 members (excludes halogenated alkanes) is 1. The van der Waals surface area contributed by atoms with E-state index in [9.17, 15) is 53.1 Å². The van der Waals surface area contributed by atoms with Crippen LogP contribution in [-0.2, 0) is 47.9 Å². The van der Waals surface area contributed by atoms with Gasteiger partial charge in [-0.1, -0.05) is 55.7 Å². The summed E-state index contributed by atoms with van der Waals surface area (Å²) in [6.07, 6.45) is -1.00. The minimum absolute atomic E-state index is 0.0869. The highest BCUT2D eigenvalue weighted by molar-refractivity contribution is 8.76. The molecule has 14 N–H and O–H groups in total. The van der Waals surface area contributed by atoms with Crippen molar-refractivity contribution in [3.8, 4) is 0 Å². The van der Waals surface area contributed by atoms with Gasteiger partial charge in [0.1, 0.15) is 42.3 Å². The molecule has 1 fully saturated rings. The fourth-order valence-electron chi connectivity index (χ4n) is 5.60. The molecule has 0 aliphatic carbocycles. The first kappa shape index (κ1) is 53.3. The van der Waals surface area contributed by atoms with Crippen LogP contribution in [0.5, 0.6) is 0 Å². The number of amides is 9. The van der Waals surface area contributed by atoms with Crippen LogP contribution in [0, 0.1) is 11.8 Å². The molecular formula is C36H62N10O12S2. The SMILES string of the molecule is CC[C@H](C)[C@@H]1NC(=O)CNC(=O)[C@H]([C@@H](C)O)NC(=O)[C@@H](NC(=O)[C@H](CCCCN)NC(=O)[C@@H](NC(C)=O)C(C)C)CSSC[C@H](C(=O)N[C@@H](CCC(=O)O)C(N)=O)NC1=O. The van der Waals surface area contributed by atoms with Crippen LogP contribution in [0.3, 0.4) is 0 Å². The largest absolute Gasteiger partial charge is 0.481 e. The number of nitrogens with one attached hydrogen (secondary N) is 8. The van der Waals surface area contributed by atoms with Gasteiger partial charge in [0.25, 0.3) is 0 Å². The summed E-state index contributed by atoms with van der Waals surface area (Å²) in [6, 6.07) is -9.35. The molecule has 0 aromatic carbocycles. The maximum atomic E-state index is 13.9. The fraction of sp³-hybridized carbons (Fsp3) is 0.722. The Morgan fingerprint density at radius 3 is 2.02 bits per heavy atom. The van der Waals surface area contributed by atoms with Crippen molar-refractivity contribution in [2.24, 2.45) is 23.3 Å². The molecule has 1 rings (SSSR count). The standard InChI is InChI=1S/C36H62N10O12S2/c1-7-18(4)28-36(58)44-23(32(54)41-21(30(38)52)11-12-26(50)51)15-59-60-16-24(33(55)46-29(19(5)47)34(56)39-14-25(49)45-28)43-31(53)22(10-8-9-13-37)42-35(57)27(17(2)3)40-20(6)48/h17-19,21-24,27-29,47H,7-16,37H2,1-6H3,(H2,38,52)(H,39,56)(H,40,48)(H,41,54)(H,42,57)(H,43,53)(H,44,58)(H,45,49)(H,46,55)(H,50,51)/t18-,19+,21-,22-,23+,24-,27-,28-,29-/m0/s1. The van der Waals surface area contributed by atoms with E-state index in [1.165, 1.54) is 13.8 Å². The van der Waals surface area contributed by atoms with Crippen LogP contribution in [-0.4, -0.2) is 142 Å². The smallest absolute Gasteiger partial charge is 0.303 e. The lowest BCUT2D eigenvalue weighted by atomic mass is 9.98. The van der Waals surface area contributed by atoms with E-state index >= 15 is 0 Å². The number of hydrogen-bond donors (Lipinski definition) is 12. The minimum Gasteiger partial charge on any atom is -0.481 e.